The van der Waals surface area contributed by atoms with E-state index in [1.807, 2.05) is 11.8 Å². The van der Waals surface area contributed by atoms with E-state index in [2.05, 4.69) is 31.1 Å². The van der Waals surface area contributed by atoms with Crippen LogP contribution >= 0.6 is 11.8 Å². The molecule has 0 amide bonds. The molecule has 0 aliphatic carbocycles. The molecule has 0 bridgehead atoms. The van der Waals surface area contributed by atoms with E-state index in [-0.39, 0.29) is 0 Å². The highest BCUT2D eigenvalue weighted by Gasteiger charge is 2.26. The maximum Gasteiger partial charge on any atom is 0.156 e. The smallest absolute Gasteiger partial charge is 0.156 e. The molecular formula is C13H24N2OS. The standard InChI is InChI=1S/C13H24N2OS/c1-9(2)6-12-8-15-13(17-12)14-7-11-4-5-16-10(11)3/h9-12H,4-8H2,1-3H3,(H,14,15). The summed E-state index contributed by atoms with van der Waals surface area (Å²) in [5.41, 5.74) is 0. The molecule has 3 unspecified atom stereocenters. The van der Waals surface area contributed by atoms with Gasteiger partial charge in [0.15, 0.2) is 5.17 Å². The van der Waals surface area contributed by atoms with E-state index < -0.39 is 0 Å². The molecule has 0 spiro atoms. The van der Waals surface area contributed by atoms with E-state index >= 15 is 0 Å². The molecule has 0 aromatic heterocycles. The number of hydrogen-bond donors (Lipinski definition) is 1. The van der Waals surface area contributed by atoms with Crippen molar-refractivity contribution >= 4 is 16.9 Å². The molecule has 0 saturated carbocycles. The lowest BCUT2D eigenvalue weighted by atomic mass is 10.0. The number of amidine groups is 1. The van der Waals surface area contributed by atoms with Crippen LogP contribution in [0.5, 0.6) is 0 Å². The monoisotopic (exact) mass is 256 g/mol. The minimum atomic E-state index is 0.404. The van der Waals surface area contributed by atoms with Crippen molar-refractivity contribution in [2.45, 2.75) is 45.0 Å². The van der Waals surface area contributed by atoms with Gasteiger partial charge in [-0.1, -0.05) is 25.6 Å². The maximum atomic E-state index is 5.57. The van der Waals surface area contributed by atoms with E-state index in [4.69, 9.17) is 4.74 Å². The van der Waals surface area contributed by atoms with Crippen LogP contribution in [0.3, 0.4) is 0 Å². The van der Waals surface area contributed by atoms with Crippen molar-refractivity contribution in [1.82, 2.24) is 5.32 Å². The van der Waals surface area contributed by atoms with Crippen LogP contribution < -0.4 is 5.32 Å². The van der Waals surface area contributed by atoms with E-state index in [1.165, 1.54) is 12.8 Å². The van der Waals surface area contributed by atoms with Crippen LogP contribution in [0.15, 0.2) is 4.99 Å². The zero-order valence-corrected chi connectivity index (χ0v) is 11.9. The molecule has 0 aromatic rings. The predicted octanol–water partition coefficient (Wildman–Crippen LogP) is 2.52. The third kappa shape index (κ3) is 3.88. The van der Waals surface area contributed by atoms with Gasteiger partial charge in [0.1, 0.15) is 0 Å². The van der Waals surface area contributed by atoms with Gasteiger partial charge in [-0.05, 0) is 25.7 Å². The summed E-state index contributed by atoms with van der Waals surface area (Å²) in [4.78, 5) is 4.58. The molecule has 3 nitrogen and oxygen atoms in total. The minimum Gasteiger partial charge on any atom is -0.378 e. The van der Waals surface area contributed by atoms with Crippen molar-refractivity contribution in [2.24, 2.45) is 16.8 Å². The third-order valence-electron chi connectivity index (χ3n) is 3.50. The van der Waals surface area contributed by atoms with E-state index in [9.17, 15) is 0 Å². The number of ether oxygens (including phenoxy) is 1. The van der Waals surface area contributed by atoms with Gasteiger partial charge < -0.3 is 10.1 Å². The van der Waals surface area contributed by atoms with Crippen LogP contribution in [-0.2, 0) is 4.74 Å². The lowest BCUT2D eigenvalue weighted by Gasteiger charge is -2.16. The number of nitrogens with one attached hydrogen (secondary N) is 1. The molecule has 2 aliphatic rings. The first-order chi connectivity index (χ1) is 8.15. The molecule has 1 saturated heterocycles. The highest BCUT2D eigenvalue weighted by molar-refractivity contribution is 8.14. The van der Waals surface area contributed by atoms with Crippen molar-refractivity contribution in [3.8, 4) is 0 Å². The van der Waals surface area contributed by atoms with Crippen molar-refractivity contribution < 1.29 is 4.74 Å². The van der Waals surface area contributed by atoms with Gasteiger partial charge in [-0.3, -0.25) is 4.99 Å². The van der Waals surface area contributed by atoms with Crippen molar-refractivity contribution in [3.05, 3.63) is 0 Å². The summed E-state index contributed by atoms with van der Waals surface area (Å²) in [5, 5.41) is 5.33. The van der Waals surface area contributed by atoms with Gasteiger partial charge in [0.05, 0.1) is 12.6 Å². The molecule has 0 radical (unpaired) electrons. The Labute approximate surface area is 109 Å². The number of thioether (sulfide) groups is 1. The molecule has 1 N–H and O–H groups in total. The van der Waals surface area contributed by atoms with Gasteiger partial charge in [0.2, 0.25) is 0 Å². The summed E-state index contributed by atoms with van der Waals surface area (Å²) in [6, 6.07) is 0. The zero-order valence-electron chi connectivity index (χ0n) is 11.1. The van der Waals surface area contributed by atoms with Crippen LogP contribution in [0, 0.1) is 11.8 Å². The fourth-order valence-electron chi connectivity index (χ4n) is 2.43. The predicted molar refractivity (Wildman–Crippen MR) is 74.7 cm³/mol. The molecule has 0 aromatic carbocycles. The van der Waals surface area contributed by atoms with Crippen LogP contribution in [0.1, 0.15) is 33.6 Å². The maximum absolute atomic E-state index is 5.57. The Morgan fingerprint density at radius 2 is 2.35 bits per heavy atom. The van der Waals surface area contributed by atoms with Gasteiger partial charge in [-0.15, -0.1) is 0 Å². The third-order valence-corrected chi connectivity index (χ3v) is 4.67. The zero-order chi connectivity index (χ0) is 12.3. The summed E-state index contributed by atoms with van der Waals surface area (Å²) in [6.45, 7) is 9.66. The van der Waals surface area contributed by atoms with Crippen LogP contribution in [0.4, 0.5) is 0 Å². The summed E-state index contributed by atoms with van der Waals surface area (Å²) >= 11 is 1.92. The summed E-state index contributed by atoms with van der Waals surface area (Å²) in [5.74, 6) is 1.42. The molecule has 3 atom stereocenters. The van der Waals surface area contributed by atoms with E-state index in [0.717, 1.165) is 30.8 Å². The highest BCUT2D eigenvalue weighted by Crippen LogP contribution is 2.26. The molecule has 17 heavy (non-hydrogen) atoms. The normalized spacial score (nSPS) is 33.2. The van der Waals surface area contributed by atoms with Crippen LogP contribution in [-0.4, -0.2) is 36.2 Å². The Morgan fingerprint density at radius 3 is 3.00 bits per heavy atom. The molecule has 2 heterocycles. The molecule has 1 fully saturated rings. The Balaban J connectivity index is 1.67. The molecular weight excluding hydrogens is 232 g/mol. The summed E-state index contributed by atoms with van der Waals surface area (Å²) < 4.78 is 5.57. The van der Waals surface area contributed by atoms with Gasteiger partial charge in [0, 0.05) is 24.3 Å². The highest BCUT2D eigenvalue weighted by atomic mass is 32.2. The quantitative estimate of drug-likeness (QED) is 0.839. The minimum absolute atomic E-state index is 0.404. The van der Waals surface area contributed by atoms with Gasteiger partial charge in [0.25, 0.3) is 0 Å². The van der Waals surface area contributed by atoms with Crippen LogP contribution in [0.25, 0.3) is 0 Å². The lowest BCUT2D eigenvalue weighted by molar-refractivity contribution is 0.106. The van der Waals surface area contributed by atoms with Crippen molar-refractivity contribution in [2.75, 3.05) is 19.7 Å². The van der Waals surface area contributed by atoms with E-state index in [0.29, 0.717) is 17.3 Å². The van der Waals surface area contributed by atoms with Gasteiger partial charge in [-0.2, -0.15) is 0 Å². The number of nitrogens with zero attached hydrogens (tertiary/aromatic N) is 1. The second kappa shape index (κ2) is 6.10. The van der Waals surface area contributed by atoms with Gasteiger partial charge in [-0.25, -0.2) is 0 Å². The first kappa shape index (κ1) is 13.2. The van der Waals surface area contributed by atoms with Crippen molar-refractivity contribution in [3.63, 3.8) is 0 Å². The first-order valence-corrected chi connectivity index (χ1v) is 7.59. The first-order valence-electron chi connectivity index (χ1n) is 6.71. The number of aliphatic imine (C=N–C) groups is 1. The SMILES string of the molecule is CC(C)CC1CN=C(NCC2CCOC2C)S1. The average molecular weight is 256 g/mol. The molecule has 4 heteroatoms. The molecule has 98 valence electrons. The van der Waals surface area contributed by atoms with Crippen LogP contribution in [0.2, 0.25) is 0 Å². The summed E-state index contributed by atoms with van der Waals surface area (Å²) in [6.07, 6.45) is 2.85. The molecule has 2 rings (SSSR count). The van der Waals surface area contributed by atoms with Crippen molar-refractivity contribution in [1.29, 1.82) is 0 Å². The summed E-state index contributed by atoms with van der Waals surface area (Å²) in [7, 11) is 0. The number of rotatable bonds is 4. The number of hydrogen-bond acceptors (Lipinski definition) is 4. The average Bonchev–Trinajstić information content (AvgIpc) is 2.84. The second-order valence-corrected chi connectivity index (χ2v) is 6.81. The van der Waals surface area contributed by atoms with Gasteiger partial charge >= 0.3 is 0 Å². The Morgan fingerprint density at radius 1 is 1.53 bits per heavy atom. The second-order valence-electron chi connectivity index (χ2n) is 5.52. The van der Waals surface area contributed by atoms with E-state index in [1.54, 1.807) is 0 Å². The molecule has 2 aliphatic heterocycles. The lowest BCUT2D eigenvalue weighted by Crippen LogP contribution is -2.30. The Hall–Kier alpha value is -0.220. The fraction of sp³-hybridized carbons (Fsp3) is 0.923. The largest absolute Gasteiger partial charge is 0.378 e. The fourth-order valence-corrected chi connectivity index (χ4v) is 3.69. The Bertz CT molecular complexity index is 281. The Kier molecular flexibility index (Phi) is 4.74. The topological polar surface area (TPSA) is 33.6 Å².